The van der Waals surface area contributed by atoms with Crippen LogP contribution in [0.4, 0.5) is 0 Å². The zero-order valence-electron chi connectivity index (χ0n) is 10.1. The summed E-state index contributed by atoms with van der Waals surface area (Å²) >= 11 is 1.32. The Labute approximate surface area is 108 Å². The van der Waals surface area contributed by atoms with Crippen LogP contribution in [-0.4, -0.2) is 39.4 Å². The standard InChI is InChI=1S/C10H15N3O4S/c1-6(2)9-12-8(13-17-9)4-18-3-7(10(15)16)11-5-14/h5-7H,3-4H2,1-2H3,(H,11,14)(H,15,16). The summed E-state index contributed by atoms with van der Waals surface area (Å²) in [7, 11) is 0. The fraction of sp³-hybridized carbons (Fsp3) is 0.600. The van der Waals surface area contributed by atoms with E-state index in [2.05, 4.69) is 15.5 Å². The first-order chi connectivity index (χ1) is 8.54. The van der Waals surface area contributed by atoms with Crippen LogP contribution >= 0.6 is 11.8 Å². The van der Waals surface area contributed by atoms with Crippen LogP contribution in [0.2, 0.25) is 0 Å². The van der Waals surface area contributed by atoms with E-state index in [-0.39, 0.29) is 11.7 Å². The van der Waals surface area contributed by atoms with Gasteiger partial charge in [-0.1, -0.05) is 19.0 Å². The molecule has 1 aromatic rings. The average Bonchev–Trinajstić information content (AvgIpc) is 2.76. The highest BCUT2D eigenvalue weighted by molar-refractivity contribution is 7.98. The summed E-state index contributed by atoms with van der Waals surface area (Å²) in [4.78, 5) is 25.1. The molecule has 2 N–H and O–H groups in total. The number of carboxylic acids is 1. The molecule has 1 aromatic heterocycles. The molecule has 0 saturated heterocycles. The van der Waals surface area contributed by atoms with Gasteiger partial charge in [0.15, 0.2) is 5.82 Å². The second-order valence-corrected chi connectivity index (χ2v) is 4.92. The quantitative estimate of drug-likeness (QED) is 0.669. The van der Waals surface area contributed by atoms with Gasteiger partial charge in [0.1, 0.15) is 6.04 Å². The zero-order valence-corrected chi connectivity index (χ0v) is 10.9. The van der Waals surface area contributed by atoms with Crippen LogP contribution in [0, 0.1) is 0 Å². The van der Waals surface area contributed by atoms with Gasteiger partial charge >= 0.3 is 5.97 Å². The fourth-order valence-electron chi connectivity index (χ4n) is 1.10. The van der Waals surface area contributed by atoms with Crippen LogP contribution in [0.3, 0.4) is 0 Å². The van der Waals surface area contributed by atoms with Gasteiger partial charge < -0.3 is 14.9 Å². The number of carbonyl (C=O) groups excluding carboxylic acids is 1. The summed E-state index contributed by atoms with van der Waals surface area (Å²) in [5.74, 6) is 0.885. The minimum atomic E-state index is -1.06. The van der Waals surface area contributed by atoms with Crippen molar-refractivity contribution in [1.29, 1.82) is 0 Å². The smallest absolute Gasteiger partial charge is 0.327 e. The Morgan fingerprint density at radius 2 is 2.33 bits per heavy atom. The molecule has 0 fully saturated rings. The van der Waals surface area contributed by atoms with Crippen molar-refractivity contribution in [2.24, 2.45) is 0 Å². The number of thioether (sulfide) groups is 1. The predicted molar refractivity (Wildman–Crippen MR) is 65.2 cm³/mol. The van der Waals surface area contributed by atoms with Gasteiger partial charge in [-0.05, 0) is 0 Å². The molecule has 0 aliphatic carbocycles. The molecule has 0 radical (unpaired) electrons. The molecule has 0 aromatic carbocycles. The maximum absolute atomic E-state index is 10.7. The predicted octanol–water partition coefficient (Wildman–Crippen LogP) is 0.625. The lowest BCUT2D eigenvalue weighted by Gasteiger charge is -2.09. The highest BCUT2D eigenvalue weighted by Gasteiger charge is 2.17. The second kappa shape index (κ2) is 7.00. The molecule has 100 valence electrons. The monoisotopic (exact) mass is 273 g/mol. The molecule has 0 aliphatic heterocycles. The number of rotatable bonds is 8. The van der Waals surface area contributed by atoms with Crippen molar-refractivity contribution in [3.8, 4) is 0 Å². The summed E-state index contributed by atoms with van der Waals surface area (Å²) in [6, 6.07) is -0.899. The van der Waals surface area contributed by atoms with Crippen molar-refractivity contribution in [3.63, 3.8) is 0 Å². The fourth-order valence-corrected chi connectivity index (χ4v) is 1.99. The molecule has 1 heterocycles. The maximum atomic E-state index is 10.7. The Kier molecular flexibility index (Phi) is 5.63. The van der Waals surface area contributed by atoms with E-state index in [4.69, 9.17) is 9.63 Å². The van der Waals surface area contributed by atoms with E-state index < -0.39 is 12.0 Å². The van der Waals surface area contributed by atoms with E-state index in [1.54, 1.807) is 0 Å². The second-order valence-electron chi connectivity index (χ2n) is 3.89. The molecule has 0 aliphatic rings. The first kappa shape index (κ1) is 14.5. The maximum Gasteiger partial charge on any atom is 0.327 e. The molecule has 0 saturated carbocycles. The van der Waals surface area contributed by atoms with E-state index in [0.29, 0.717) is 23.9 Å². The minimum Gasteiger partial charge on any atom is -0.480 e. The third kappa shape index (κ3) is 4.36. The van der Waals surface area contributed by atoms with Crippen molar-refractivity contribution >= 4 is 24.1 Å². The lowest BCUT2D eigenvalue weighted by molar-refractivity contribution is -0.139. The summed E-state index contributed by atoms with van der Waals surface area (Å²) in [6.07, 6.45) is 0.380. The lowest BCUT2D eigenvalue weighted by Crippen LogP contribution is -2.37. The Morgan fingerprint density at radius 3 is 2.83 bits per heavy atom. The van der Waals surface area contributed by atoms with Gasteiger partial charge in [-0.15, -0.1) is 0 Å². The van der Waals surface area contributed by atoms with Crippen LogP contribution in [0.5, 0.6) is 0 Å². The van der Waals surface area contributed by atoms with Gasteiger partial charge in [0, 0.05) is 11.7 Å². The van der Waals surface area contributed by atoms with Crippen LogP contribution in [-0.2, 0) is 15.3 Å². The summed E-state index contributed by atoms with van der Waals surface area (Å²) < 4.78 is 5.02. The molecule has 1 amide bonds. The molecule has 7 nitrogen and oxygen atoms in total. The van der Waals surface area contributed by atoms with E-state index in [0.717, 1.165) is 0 Å². The van der Waals surface area contributed by atoms with Gasteiger partial charge in [-0.2, -0.15) is 16.7 Å². The third-order valence-electron chi connectivity index (χ3n) is 2.06. The van der Waals surface area contributed by atoms with Crippen molar-refractivity contribution in [3.05, 3.63) is 11.7 Å². The topological polar surface area (TPSA) is 105 Å². The molecule has 0 bridgehead atoms. The lowest BCUT2D eigenvalue weighted by atomic mass is 10.2. The Morgan fingerprint density at radius 1 is 1.61 bits per heavy atom. The van der Waals surface area contributed by atoms with Crippen LogP contribution < -0.4 is 5.32 Å². The largest absolute Gasteiger partial charge is 0.480 e. The Hall–Kier alpha value is -1.57. The van der Waals surface area contributed by atoms with Gasteiger partial charge in [0.05, 0.1) is 5.75 Å². The SMILES string of the molecule is CC(C)c1nc(CSCC(NC=O)C(=O)O)no1. The Balaban J connectivity index is 2.39. The summed E-state index contributed by atoms with van der Waals surface area (Å²) in [5, 5.41) is 14.8. The van der Waals surface area contributed by atoms with E-state index >= 15 is 0 Å². The first-order valence-electron chi connectivity index (χ1n) is 5.37. The summed E-state index contributed by atoms with van der Waals surface area (Å²) in [5.41, 5.74) is 0. The van der Waals surface area contributed by atoms with Crippen molar-refractivity contribution in [2.75, 3.05) is 5.75 Å². The van der Waals surface area contributed by atoms with Crippen LogP contribution in [0.25, 0.3) is 0 Å². The van der Waals surface area contributed by atoms with E-state index in [1.165, 1.54) is 11.8 Å². The number of aliphatic carboxylic acids is 1. The van der Waals surface area contributed by atoms with Crippen LogP contribution in [0.15, 0.2) is 4.52 Å². The molecule has 1 rings (SSSR count). The number of aromatic nitrogens is 2. The number of nitrogens with zero attached hydrogens (tertiary/aromatic N) is 2. The molecule has 0 spiro atoms. The Bertz CT molecular complexity index is 408. The summed E-state index contributed by atoms with van der Waals surface area (Å²) in [6.45, 7) is 3.89. The number of nitrogens with one attached hydrogen (secondary N) is 1. The number of carboxylic acid groups (broad SMARTS) is 1. The average molecular weight is 273 g/mol. The van der Waals surface area contributed by atoms with E-state index in [9.17, 15) is 9.59 Å². The molecular formula is C10H15N3O4S. The first-order valence-corrected chi connectivity index (χ1v) is 6.52. The third-order valence-corrected chi connectivity index (χ3v) is 3.09. The number of hydrogen-bond acceptors (Lipinski definition) is 6. The minimum absolute atomic E-state index is 0.166. The molecule has 1 unspecified atom stereocenters. The number of hydrogen-bond donors (Lipinski definition) is 2. The van der Waals surface area contributed by atoms with Crippen molar-refractivity contribution < 1.29 is 19.2 Å². The van der Waals surface area contributed by atoms with E-state index in [1.807, 2.05) is 13.8 Å². The highest BCUT2D eigenvalue weighted by atomic mass is 32.2. The van der Waals surface area contributed by atoms with Gasteiger partial charge in [-0.25, -0.2) is 4.79 Å². The molecular weight excluding hydrogens is 258 g/mol. The molecule has 18 heavy (non-hydrogen) atoms. The number of carbonyl (C=O) groups is 2. The normalized spacial score (nSPS) is 12.4. The van der Waals surface area contributed by atoms with Crippen molar-refractivity contribution in [2.45, 2.75) is 31.6 Å². The van der Waals surface area contributed by atoms with Gasteiger partial charge in [0.2, 0.25) is 12.3 Å². The van der Waals surface area contributed by atoms with Gasteiger partial charge in [-0.3, -0.25) is 4.79 Å². The molecule has 1 atom stereocenters. The number of amides is 1. The zero-order chi connectivity index (χ0) is 13.5. The van der Waals surface area contributed by atoms with Gasteiger partial charge in [0.25, 0.3) is 0 Å². The van der Waals surface area contributed by atoms with Crippen molar-refractivity contribution in [1.82, 2.24) is 15.5 Å². The highest BCUT2D eigenvalue weighted by Crippen LogP contribution is 2.15. The molecule has 8 heteroatoms. The van der Waals surface area contributed by atoms with Crippen LogP contribution in [0.1, 0.15) is 31.5 Å².